The Hall–Kier alpha value is -3.65. The third kappa shape index (κ3) is 3.34. The van der Waals surface area contributed by atoms with Gasteiger partial charge < -0.3 is 5.32 Å². The first-order chi connectivity index (χ1) is 15.2. The molecule has 0 atom stereocenters. The van der Waals surface area contributed by atoms with Crippen LogP contribution in [0.2, 0.25) is 0 Å². The predicted octanol–water partition coefficient (Wildman–Crippen LogP) is 3.95. The Morgan fingerprint density at radius 1 is 0.968 bits per heavy atom. The maximum atomic E-state index is 12.8. The zero-order valence-corrected chi connectivity index (χ0v) is 17.6. The highest BCUT2D eigenvalue weighted by molar-refractivity contribution is 7.99. The van der Waals surface area contributed by atoms with Crippen LogP contribution in [0.25, 0.3) is 27.5 Å². The first-order valence-corrected chi connectivity index (χ1v) is 10.9. The summed E-state index contributed by atoms with van der Waals surface area (Å²) in [6.07, 6.45) is 0. The van der Waals surface area contributed by atoms with Gasteiger partial charge in [-0.3, -0.25) is 18.6 Å². The first-order valence-electron chi connectivity index (χ1n) is 9.94. The average molecular weight is 430 g/mol. The minimum atomic E-state index is -0.133. The topological polar surface area (TPSA) is 81.3 Å². The summed E-state index contributed by atoms with van der Waals surface area (Å²) in [6.45, 7) is 2.38. The lowest BCUT2D eigenvalue weighted by atomic mass is 10.1. The van der Waals surface area contributed by atoms with Crippen molar-refractivity contribution in [3.8, 4) is 0 Å². The molecule has 0 aliphatic rings. The van der Waals surface area contributed by atoms with E-state index in [9.17, 15) is 9.59 Å². The lowest BCUT2D eigenvalue weighted by molar-refractivity contribution is -0.113. The number of fused-ring (bicyclic) bond motifs is 4. The van der Waals surface area contributed by atoms with E-state index >= 15 is 0 Å². The first kappa shape index (κ1) is 19.3. The van der Waals surface area contributed by atoms with Crippen LogP contribution in [0.5, 0.6) is 0 Å². The summed E-state index contributed by atoms with van der Waals surface area (Å²) in [6, 6.07) is 21.1. The van der Waals surface area contributed by atoms with Crippen molar-refractivity contribution in [3.05, 3.63) is 77.1 Å². The fraction of sp³-hybridized carbons (Fsp3) is 0.130. The maximum absolute atomic E-state index is 12.8. The minimum Gasteiger partial charge on any atom is -0.325 e. The number of aryl methyl sites for hydroxylation is 1. The summed E-state index contributed by atoms with van der Waals surface area (Å²) in [5.41, 5.74) is 1.41. The number of hydrogen-bond donors (Lipinski definition) is 1. The van der Waals surface area contributed by atoms with Crippen LogP contribution in [0.3, 0.4) is 0 Å². The lowest BCUT2D eigenvalue weighted by Crippen LogP contribution is -2.22. The number of para-hydroxylation sites is 1. The van der Waals surface area contributed by atoms with E-state index < -0.39 is 0 Å². The summed E-state index contributed by atoms with van der Waals surface area (Å²) < 4.78 is 3.44. The van der Waals surface area contributed by atoms with Gasteiger partial charge in [0.1, 0.15) is 0 Å². The van der Waals surface area contributed by atoms with Crippen LogP contribution in [0, 0.1) is 0 Å². The van der Waals surface area contributed by atoms with E-state index in [1.165, 1.54) is 11.8 Å². The van der Waals surface area contributed by atoms with Crippen LogP contribution in [0.4, 0.5) is 5.69 Å². The van der Waals surface area contributed by atoms with E-state index in [0.717, 1.165) is 22.0 Å². The smallest absolute Gasteiger partial charge is 0.262 e. The van der Waals surface area contributed by atoms with E-state index in [0.29, 0.717) is 22.9 Å². The number of rotatable bonds is 5. The van der Waals surface area contributed by atoms with E-state index in [4.69, 9.17) is 0 Å². The maximum Gasteiger partial charge on any atom is 0.262 e. The molecule has 5 rings (SSSR count). The van der Waals surface area contributed by atoms with Crippen LogP contribution >= 0.6 is 11.8 Å². The molecule has 8 heteroatoms. The molecule has 2 aromatic heterocycles. The molecule has 0 fully saturated rings. The molecule has 2 heterocycles. The second-order valence-corrected chi connectivity index (χ2v) is 7.99. The van der Waals surface area contributed by atoms with Crippen molar-refractivity contribution >= 4 is 50.8 Å². The van der Waals surface area contributed by atoms with Crippen molar-refractivity contribution < 1.29 is 4.79 Å². The molecule has 31 heavy (non-hydrogen) atoms. The van der Waals surface area contributed by atoms with Gasteiger partial charge in [0.05, 0.1) is 16.7 Å². The number of nitrogens with one attached hydrogen (secondary N) is 1. The number of carbonyl (C=O) groups excluding carboxylic acids is 1. The van der Waals surface area contributed by atoms with Crippen molar-refractivity contribution in [2.24, 2.45) is 0 Å². The fourth-order valence-electron chi connectivity index (χ4n) is 3.76. The minimum absolute atomic E-state index is 0.0942. The third-order valence-corrected chi connectivity index (χ3v) is 6.12. The number of hydrogen-bond acceptors (Lipinski definition) is 5. The van der Waals surface area contributed by atoms with E-state index in [-0.39, 0.29) is 17.2 Å². The second kappa shape index (κ2) is 7.88. The standard InChI is InChI=1S/C23H19N5O2S/c1-2-27-21(30)17-11-5-6-13-19(17)28-22(27)25-26-23(28)31-14-20(29)24-18-12-7-9-15-8-3-4-10-16(15)18/h3-13H,2,14H2,1H3,(H,24,29). The van der Waals surface area contributed by atoms with Crippen molar-refractivity contribution in [1.82, 2.24) is 19.2 Å². The molecule has 0 unspecified atom stereocenters. The molecular formula is C23H19N5O2S. The molecular weight excluding hydrogens is 410 g/mol. The van der Waals surface area contributed by atoms with Gasteiger partial charge in [-0.05, 0) is 30.5 Å². The van der Waals surface area contributed by atoms with E-state index in [1.54, 1.807) is 10.6 Å². The van der Waals surface area contributed by atoms with Crippen LogP contribution < -0.4 is 10.9 Å². The summed E-state index contributed by atoms with van der Waals surface area (Å²) in [5.74, 6) is 0.512. The average Bonchev–Trinajstić information content (AvgIpc) is 3.22. The van der Waals surface area contributed by atoms with Gasteiger partial charge in [-0.25, -0.2) is 0 Å². The SMILES string of the molecule is CCn1c(=O)c2ccccc2n2c(SCC(=O)Nc3cccc4ccccc34)nnc12. The molecule has 1 N–H and O–H groups in total. The molecule has 0 aliphatic heterocycles. The zero-order valence-electron chi connectivity index (χ0n) is 16.8. The van der Waals surface area contributed by atoms with Crippen molar-refractivity contribution in [1.29, 1.82) is 0 Å². The Morgan fingerprint density at radius 3 is 2.55 bits per heavy atom. The molecule has 0 radical (unpaired) electrons. The zero-order chi connectivity index (χ0) is 21.4. The summed E-state index contributed by atoms with van der Waals surface area (Å²) in [5, 5.41) is 14.7. The van der Waals surface area contributed by atoms with Gasteiger partial charge in [-0.15, -0.1) is 10.2 Å². The highest BCUT2D eigenvalue weighted by atomic mass is 32.2. The number of benzene rings is 3. The number of thioether (sulfide) groups is 1. The monoisotopic (exact) mass is 429 g/mol. The van der Waals surface area contributed by atoms with Gasteiger partial charge >= 0.3 is 0 Å². The van der Waals surface area contributed by atoms with Crippen molar-refractivity contribution in [2.75, 3.05) is 11.1 Å². The molecule has 154 valence electrons. The number of amides is 1. The van der Waals surface area contributed by atoms with Crippen LogP contribution in [0.1, 0.15) is 6.92 Å². The van der Waals surface area contributed by atoms with Gasteiger partial charge in [0, 0.05) is 17.6 Å². The number of anilines is 1. The Kier molecular flexibility index (Phi) is 4.91. The van der Waals surface area contributed by atoms with Gasteiger partial charge in [-0.2, -0.15) is 0 Å². The van der Waals surface area contributed by atoms with Crippen LogP contribution in [0.15, 0.2) is 76.7 Å². The largest absolute Gasteiger partial charge is 0.325 e. The van der Waals surface area contributed by atoms with Gasteiger partial charge in [-0.1, -0.05) is 60.3 Å². The number of aromatic nitrogens is 4. The third-order valence-electron chi connectivity index (χ3n) is 5.19. The van der Waals surface area contributed by atoms with E-state index in [2.05, 4.69) is 15.5 Å². The number of carbonyl (C=O) groups is 1. The fourth-order valence-corrected chi connectivity index (χ4v) is 4.50. The Labute approximate surface area is 181 Å². The lowest BCUT2D eigenvalue weighted by Gasteiger charge is -2.10. The van der Waals surface area contributed by atoms with Crippen molar-refractivity contribution in [2.45, 2.75) is 18.6 Å². The molecule has 7 nitrogen and oxygen atoms in total. The Morgan fingerprint density at radius 2 is 1.71 bits per heavy atom. The Bertz CT molecular complexity index is 1500. The normalized spacial score (nSPS) is 11.4. The highest BCUT2D eigenvalue weighted by Crippen LogP contribution is 2.25. The second-order valence-electron chi connectivity index (χ2n) is 7.05. The van der Waals surface area contributed by atoms with Crippen LogP contribution in [-0.4, -0.2) is 30.8 Å². The summed E-state index contributed by atoms with van der Waals surface area (Å²) in [7, 11) is 0. The summed E-state index contributed by atoms with van der Waals surface area (Å²) in [4.78, 5) is 25.5. The van der Waals surface area contributed by atoms with Crippen LogP contribution in [-0.2, 0) is 11.3 Å². The van der Waals surface area contributed by atoms with Gasteiger partial charge in [0.15, 0.2) is 5.16 Å². The van der Waals surface area contributed by atoms with Gasteiger partial charge in [0.25, 0.3) is 5.56 Å². The quantitative estimate of drug-likeness (QED) is 0.428. The highest BCUT2D eigenvalue weighted by Gasteiger charge is 2.17. The summed E-state index contributed by atoms with van der Waals surface area (Å²) >= 11 is 1.29. The molecule has 0 saturated carbocycles. The molecule has 0 aliphatic carbocycles. The van der Waals surface area contributed by atoms with Gasteiger partial charge in [0.2, 0.25) is 11.7 Å². The predicted molar refractivity (Wildman–Crippen MR) is 124 cm³/mol. The van der Waals surface area contributed by atoms with Crippen molar-refractivity contribution in [3.63, 3.8) is 0 Å². The molecule has 0 spiro atoms. The Balaban J connectivity index is 1.45. The number of nitrogens with zero attached hydrogens (tertiary/aromatic N) is 4. The molecule has 5 aromatic rings. The molecule has 0 bridgehead atoms. The molecule has 0 saturated heterocycles. The van der Waals surface area contributed by atoms with E-state index in [1.807, 2.05) is 72.0 Å². The molecule has 3 aromatic carbocycles. The molecule has 1 amide bonds.